The van der Waals surface area contributed by atoms with Crippen LogP contribution in [0.3, 0.4) is 0 Å². The maximum atomic E-state index is 5.92. The van der Waals surface area contributed by atoms with E-state index in [-0.39, 0.29) is 11.5 Å². The molecule has 3 N–H and O–H groups in total. The Morgan fingerprint density at radius 1 is 1.50 bits per heavy atom. The first-order chi connectivity index (χ1) is 8.79. The maximum absolute atomic E-state index is 5.92. The zero-order chi connectivity index (χ0) is 12.6. The van der Waals surface area contributed by atoms with Gasteiger partial charge in [-0.3, -0.25) is 0 Å². The quantitative estimate of drug-likeness (QED) is 0.845. The van der Waals surface area contributed by atoms with Crippen molar-refractivity contribution in [2.24, 2.45) is 11.1 Å². The number of benzene rings is 1. The Morgan fingerprint density at radius 2 is 2.33 bits per heavy atom. The molecule has 1 fully saturated rings. The number of nitrogens with one attached hydrogen (secondary N) is 1. The fraction of sp³-hybridized carbons (Fsp3) is 0.462. The number of nitrogens with zero attached hydrogens (tertiary/aromatic N) is 1. The van der Waals surface area contributed by atoms with E-state index in [4.69, 9.17) is 14.9 Å². The first kappa shape index (κ1) is 11.6. The molecule has 1 aliphatic rings. The number of hydrogen-bond acceptors (Lipinski definition) is 5. The lowest BCUT2D eigenvalue weighted by atomic mass is 9.75. The van der Waals surface area contributed by atoms with Crippen molar-refractivity contribution >= 4 is 11.1 Å². The molecule has 1 aromatic heterocycles. The molecular formula is C13H17N3O2. The number of aromatic nitrogens is 1. The fourth-order valence-electron chi connectivity index (χ4n) is 2.64. The summed E-state index contributed by atoms with van der Waals surface area (Å²) < 4.78 is 10.7. The standard InChI is InChI=1S/C13H17N3O2/c1-15-12(13(5-14)6-17-7-13)9-2-3-10-11(4-9)18-8-16-10/h2-4,8,12,15H,5-7,14H2,1H3. The Kier molecular flexibility index (Phi) is 2.81. The summed E-state index contributed by atoms with van der Waals surface area (Å²) in [5.41, 5.74) is 8.75. The van der Waals surface area contributed by atoms with E-state index in [9.17, 15) is 0 Å². The van der Waals surface area contributed by atoms with Gasteiger partial charge in [-0.2, -0.15) is 0 Å². The average molecular weight is 247 g/mol. The van der Waals surface area contributed by atoms with Crippen LogP contribution in [-0.2, 0) is 4.74 Å². The molecule has 96 valence electrons. The van der Waals surface area contributed by atoms with E-state index in [0.717, 1.165) is 16.7 Å². The van der Waals surface area contributed by atoms with Crippen molar-refractivity contribution < 1.29 is 9.15 Å². The predicted octanol–water partition coefficient (Wildman–Crippen LogP) is 1.06. The van der Waals surface area contributed by atoms with E-state index in [0.29, 0.717) is 19.8 Å². The van der Waals surface area contributed by atoms with Crippen LogP contribution in [0.4, 0.5) is 0 Å². The minimum atomic E-state index is -0.0115. The van der Waals surface area contributed by atoms with Gasteiger partial charge in [0.25, 0.3) is 0 Å². The number of rotatable bonds is 4. The summed E-state index contributed by atoms with van der Waals surface area (Å²) in [5.74, 6) is 0. The van der Waals surface area contributed by atoms with Gasteiger partial charge in [-0.05, 0) is 24.7 Å². The van der Waals surface area contributed by atoms with Gasteiger partial charge in [0.05, 0.1) is 13.2 Å². The van der Waals surface area contributed by atoms with E-state index in [1.165, 1.54) is 6.39 Å². The largest absolute Gasteiger partial charge is 0.443 e. The molecule has 1 aliphatic heterocycles. The highest BCUT2D eigenvalue weighted by Gasteiger charge is 2.44. The Balaban J connectivity index is 1.99. The third-order valence-corrected chi connectivity index (χ3v) is 3.78. The predicted molar refractivity (Wildman–Crippen MR) is 68.1 cm³/mol. The molecule has 1 aromatic carbocycles. The Morgan fingerprint density at radius 3 is 2.94 bits per heavy atom. The van der Waals surface area contributed by atoms with Crippen molar-refractivity contribution in [3.05, 3.63) is 30.2 Å². The van der Waals surface area contributed by atoms with Crippen molar-refractivity contribution in [3.63, 3.8) is 0 Å². The minimum absolute atomic E-state index is 0.0115. The van der Waals surface area contributed by atoms with Gasteiger partial charge in [-0.1, -0.05) is 6.07 Å². The second-order valence-electron chi connectivity index (χ2n) is 4.86. The maximum Gasteiger partial charge on any atom is 0.181 e. The molecule has 3 rings (SSSR count). The number of fused-ring (bicyclic) bond motifs is 1. The lowest BCUT2D eigenvalue weighted by Crippen LogP contribution is -2.55. The summed E-state index contributed by atoms with van der Waals surface area (Å²) in [4.78, 5) is 4.13. The molecule has 0 aliphatic carbocycles. The first-order valence-corrected chi connectivity index (χ1v) is 6.07. The topological polar surface area (TPSA) is 73.3 Å². The van der Waals surface area contributed by atoms with Gasteiger partial charge in [0.2, 0.25) is 0 Å². The summed E-state index contributed by atoms with van der Waals surface area (Å²) in [7, 11) is 1.95. The van der Waals surface area contributed by atoms with Crippen LogP contribution in [0.15, 0.2) is 29.0 Å². The van der Waals surface area contributed by atoms with E-state index in [2.05, 4.69) is 16.4 Å². The lowest BCUT2D eigenvalue weighted by Gasteiger charge is -2.46. The molecular weight excluding hydrogens is 230 g/mol. The third-order valence-electron chi connectivity index (χ3n) is 3.78. The molecule has 0 amide bonds. The molecule has 0 bridgehead atoms. The summed E-state index contributed by atoms with van der Waals surface area (Å²) in [6.07, 6.45) is 1.47. The smallest absolute Gasteiger partial charge is 0.181 e. The molecule has 1 atom stereocenters. The zero-order valence-corrected chi connectivity index (χ0v) is 10.3. The van der Waals surface area contributed by atoms with Crippen LogP contribution in [0.2, 0.25) is 0 Å². The van der Waals surface area contributed by atoms with Crippen LogP contribution in [-0.4, -0.2) is 31.8 Å². The summed E-state index contributed by atoms with van der Waals surface area (Å²) >= 11 is 0. The van der Waals surface area contributed by atoms with Gasteiger partial charge in [0.1, 0.15) is 5.52 Å². The zero-order valence-electron chi connectivity index (χ0n) is 10.3. The molecule has 0 radical (unpaired) electrons. The second kappa shape index (κ2) is 4.35. The van der Waals surface area contributed by atoms with Crippen LogP contribution in [0.25, 0.3) is 11.1 Å². The number of oxazole rings is 1. The molecule has 5 nitrogen and oxygen atoms in total. The van der Waals surface area contributed by atoms with Crippen LogP contribution in [0.5, 0.6) is 0 Å². The molecule has 1 saturated heterocycles. The summed E-state index contributed by atoms with van der Waals surface area (Å²) in [6, 6.07) is 6.24. The minimum Gasteiger partial charge on any atom is -0.443 e. The highest BCUT2D eigenvalue weighted by Crippen LogP contribution is 2.40. The van der Waals surface area contributed by atoms with Crippen LogP contribution >= 0.6 is 0 Å². The normalized spacial score (nSPS) is 19.7. The number of nitrogens with two attached hydrogens (primary N) is 1. The van der Waals surface area contributed by atoms with Crippen LogP contribution in [0, 0.1) is 5.41 Å². The van der Waals surface area contributed by atoms with E-state index >= 15 is 0 Å². The highest BCUT2D eigenvalue weighted by atomic mass is 16.5. The van der Waals surface area contributed by atoms with Gasteiger partial charge in [-0.25, -0.2) is 4.98 Å². The van der Waals surface area contributed by atoms with Gasteiger partial charge in [0.15, 0.2) is 12.0 Å². The molecule has 5 heteroatoms. The molecule has 18 heavy (non-hydrogen) atoms. The lowest BCUT2D eigenvalue weighted by molar-refractivity contribution is -0.126. The van der Waals surface area contributed by atoms with Crippen LogP contribution < -0.4 is 11.1 Å². The monoisotopic (exact) mass is 247 g/mol. The van der Waals surface area contributed by atoms with Crippen molar-refractivity contribution in [1.82, 2.24) is 10.3 Å². The third kappa shape index (κ3) is 1.63. The van der Waals surface area contributed by atoms with Crippen molar-refractivity contribution in [3.8, 4) is 0 Å². The van der Waals surface area contributed by atoms with Gasteiger partial charge in [0, 0.05) is 18.0 Å². The molecule has 0 spiro atoms. The SMILES string of the molecule is CNC(c1ccc2ncoc2c1)C1(CN)COC1. The number of ether oxygens (including phenoxy) is 1. The number of hydrogen-bond donors (Lipinski definition) is 2. The van der Waals surface area contributed by atoms with E-state index in [1.54, 1.807) is 0 Å². The van der Waals surface area contributed by atoms with Crippen LogP contribution in [0.1, 0.15) is 11.6 Å². The molecule has 2 aromatic rings. The Hall–Kier alpha value is -1.43. The Bertz CT molecular complexity index is 542. The van der Waals surface area contributed by atoms with Crippen molar-refractivity contribution in [2.45, 2.75) is 6.04 Å². The van der Waals surface area contributed by atoms with E-state index in [1.807, 2.05) is 19.2 Å². The van der Waals surface area contributed by atoms with Gasteiger partial charge >= 0.3 is 0 Å². The highest BCUT2D eigenvalue weighted by molar-refractivity contribution is 5.73. The first-order valence-electron chi connectivity index (χ1n) is 6.07. The second-order valence-corrected chi connectivity index (χ2v) is 4.86. The summed E-state index contributed by atoms with van der Waals surface area (Å²) in [6.45, 7) is 2.00. The average Bonchev–Trinajstić information content (AvgIpc) is 2.80. The fourth-order valence-corrected chi connectivity index (χ4v) is 2.64. The van der Waals surface area contributed by atoms with E-state index < -0.39 is 0 Å². The summed E-state index contributed by atoms with van der Waals surface area (Å²) in [5, 5.41) is 3.35. The Labute approximate surface area is 105 Å². The van der Waals surface area contributed by atoms with Crippen molar-refractivity contribution in [1.29, 1.82) is 0 Å². The van der Waals surface area contributed by atoms with Gasteiger partial charge in [-0.15, -0.1) is 0 Å². The molecule has 2 heterocycles. The van der Waals surface area contributed by atoms with Crippen molar-refractivity contribution in [2.75, 3.05) is 26.8 Å². The molecule has 0 saturated carbocycles. The van der Waals surface area contributed by atoms with Gasteiger partial charge < -0.3 is 20.2 Å². The molecule has 1 unspecified atom stereocenters.